The van der Waals surface area contributed by atoms with Crippen LogP contribution in [-0.2, 0) is 4.79 Å². The van der Waals surface area contributed by atoms with Gasteiger partial charge in [0.1, 0.15) is 0 Å². The number of carbonyl (C=O) groups excluding carboxylic acids is 1. The van der Waals surface area contributed by atoms with Gasteiger partial charge in [-0.3, -0.25) is 4.79 Å². The lowest BCUT2D eigenvalue weighted by molar-refractivity contribution is -0.121. The van der Waals surface area contributed by atoms with Gasteiger partial charge in [0.2, 0.25) is 0 Å². The van der Waals surface area contributed by atoms with Gasteiger partial charge in [-0.2, -0.15) is 0 Å². The molecule has 4 N–H and O–H groups in total. The Morgan fingerprint density at radius 3 is 2.67 bits per heavy atom. The second-order valence-corrected chi connectivity index (χ2v) is 5.35. The van der Waals surface area contributed by atoms with Crippen LogP contribution < -0.4 is 21.9 Å². The molecule has 0 heterocycles. The first-order valence-electron chi connectivity index (χ1n) is 6.86. The van der Waals surface area contributed by atoms with E-state index in [1.54, 1.807) is 0 Å². The van der Waals surface area contributed by atoms with E-state index in [4.69, 9.17) is 11.5 Å². The van der Waals surface area contributed by atoms with Crippen molar-refractivity contribution in [3.8, 4) is 0 Å². The van der Waals surface area contributed by atoms with Gasteiger partial charge >= 0.3 is 0 Å². The van der Waals surface area contributed by atoms with E-state index in [-0.39, 0.29) is 30.7 Å². The van der Waals surface area contributed by atoms with Gasteiger partial charge in [-0.15, -0.1) is 12.4 Å². The first-order chi connectivity index (χ1) is 9.61. The first-order valence-corrected chi connectivity index (χ1v) is 6.86. The van der Waals surface area contributed by atoms with Gasteiger partial charge in [-0.05, 0) is 39.3 Å². The van der Waals surface area contributed by atoms with Gasteiger partial charge in [-0.1, -0.05) is 37.3 Å². The highest BCUT2D eigenvalue weighted by Gasteiger charge is 2.24. The Balaban J connectivity index is 0.00000161. The average molecular weight is 303 g/mol. The maximum Gasteiger partial charge on any atom is 0.157 e. The fourth-order valence-electron chi connectivity index (χ4n) is 2.82. The minimum atomic E-state index is -0.586. The fraction of sp³-hybridized carbons (Fsp3) is 0.235. The van der Waals surface area contributed by atoms with E-state index < -0.39 is 6.04 Å². The average Bonchev–Trinajstić information content (AvgIpc) is 3.07. The quantitative estimate of drug-likeness (QED) is 0.855. The lowest BCUT2D eigenvalue weighted by Gasteiger charge is -2.15. The first kappa shape index (κ1) is 15.7. The summed E-state index contributed by atoms with van der Waals surface area (Å²) in [5.74, 6) is -0.221. The number of hydrogen-bond donors (Lipinski definition) is 2. The largest absolute Gasteiger partial charge is 0.328 e. The van der Waals surface area contributed by atoms with Crippen LogP contribution in [0.25, 0.3) is 23.8 Å². The summed E-state index contributed by atoms with van der Waals surface area (Å²) in [5.41, 5.74) is 14.7. The second-order valence-electron chi connectivity index (χ2n) is 5.35. The van der Waals surface area contributed by atoms with E-state index in [0.717, 1.165) is 10.8 Å². The lowest BCUT2D eigenvalue weighted by Crippen LogP contribution is -2.41. The summed E-state index contributed by atoms with van der Waals surface area (Å²) in [6, 6.07) is 3.73. The molecule has 0 amide bonds. The zero-order valence-electron chi connectivity index (χ0n) is 11.9. The van der Waals surface area contributed by atoms with Gasteiger partial charge in [0.05, 0.1) is 6.04 Å². The molecule has 2 aliphatic carbocycles. The molecule has 0 spiro atoms. The van der Waals surface area contributed by atoms with Crippen molar-refractivity contribution >= 4 is 42.0 Å². The smallest absolute Gasteiger partial charge is 0.157 e. The molecule has 2 atom stereocenters. The van der Waals surface area contributed by atoms with Crippen LogP contribution in [0.2, 0.25) is 0 Å². The predicted octanol–water partition coefficient (Wildman–Crippen LogP) is 0.584. The van der Waals surface area contributed by atoms with E-state index in [2.05, 4.69) is 30.4 Å². The third kappa shape index (κ3) is 2.60. The highest BCUT2D eigenvalue weighted by atomic mass is 35.5. The Labute approximate surface area is 130 Å². The molecule has 0 radical (unpaired) electrons. The maximum atomic E-state index is 12.2. The van der Waals surface area contributed by atoms with E-state index >= 15 is 0 Å². The van der Waals surface area contributed by atoms with Crippen molar-refractivity contribution in [3.63, 3.8) is 0 Å². The standard InChI is InChI=1S/C17H18N2O.ClH/c1-10(17(20)16(19)9-18)14-6-5-13-7-11-3-2-4-12(11)8-15(13)14;/h2-8,10,16H,9,18-19H2,1H3;1H. The number of rotatable bonds is 4. The molecule has 0 bridgehead atoms. The van der Waals surface area contributed by atoms with Crippen molar-refractivity contribution in [3.05, 3.63) is 45.8 Å². The van der Waals surface area contributed by atoms with Crippen LogP contribution in [-0.4, -0.2) is 18.4 Å². The Morgan fingerprint density at radius 2 is 1.95 bits per heavy atom. The molecule has 110 valence electrons. The molecule has 1 aromatic rings. The van der Waals surface area contributed by atoms with E-state index in [1.807, 2.05) is 19.1 Å². The lowest BCUT2D eigenvalue weighted by atomic mass is 9.91. The predicted molar refractivity (Wildman–Crippen MR) is 90.1 cm³/mol. The molecule has 0 aromatic heterocycles. The Morgan fingerprint density at radius 1 is 1.19 bits per heavy atom. The fourth-order valence-corrected chi connectivity index (χ4v) is 2.82. The van der Waals surface area contributed by atoms with Crippen LogP contribution in [0.5, 0.6) is 0 Å². The van der Waals surface area contributed by atoms with Crippen LogP contribution >= 0.6 is 12.4 Å². The number of benzene rings is 1. The molecular weight excluding hydrogens is 284 g/mol. The van der Waals surface area contributed by atoms with Gasteiger partial charge in [0.25, 0.3) is 0 Å². The minimum absolute atomic E-state index is 0. The Bertz CT molecular complexity index is 762. The zero-order valence-corrected chi connectivity index (χ0v) is 12.7. The third-order valence-corrected chi connectivity index (χ3v) is 4.07. The van der Waals surface area contributed by atoms with Crippen molar-refractivity contribution in [1.82, 2.24) is 0 Å². The molecule has 0 saturated carbocycles. The van der Waals surface area contributed by atoms with Crippen molar-refractivity contribution < 1.29 is 4.79 Å². The van der Waals surface area contributed by atoms with Crippen molar-refractivity contribution in [2.45, 2.75) is 13.0 Å². The molecule has 2 unspecified atom stereocenters. The SMILES string of the molecule is CC(C(=O)C(N)CN)C1=c2cc3c(cc2C=C1)=CC=C3.Cl. The summed E-state index contributed by atoms with van der Waals surface area (Å²) >= 11 is 0. The van der Waals surface area contributed by atoms with Gasteiger partial charge in [0.15, 0.2) is 5.78 Å². The number of halogens is 1. The van der Waals surface area contributed by atoms with Crippen LogP contribution in [0, 0.1) is 5.92 Å². The monoisotopic (exact) mass is 302 g/mol. The summed E-state index contributed by atoms with van der Waals surface area (Å²) < 4.78 is 0. The van der Waals surface area contributed by atoms with Gasteiger partial charge in [0, 0.05) is 12.5 Å². The van der Waals surface area contributed by atoms with Crippen LogP contribution in [0.3, 0.4) is 0 Å². The maximum absolute atomic E-state index is 12.2. The topological polar surface area (TPSA) is 69.1 Å². The number of allylic oxidation sites excluding steroid dienone is 2. The molecule has 3 rings (SSSR count). The molecule has 1 aromatic carbocycles. The summed E-state index contributed by atoms with van der Waals surface area (Å²) in [6.07, 6.45) is 10.3. The molecule has 21 heavy (non-hydrogen) atoms. The van der Waals surface area contributed by atoms with Gasteiger partial charge in [-0.25, -0.2) is 0 Å². The number of ketones is 1. The number of fused-ring (bicyclic) bond motifs is 2. The zero-order chi connectivity index (χ0) is 14.3. The molecule has 0 fully saturated rings. The Kier molecular flexibility index (Phi) is 4.47. The molecule has 3 nitrogen and oxygen atoms in total. The number of hydrogen-bond acceptors (Lipinski definition) is 3. The molecule has 0 aliphatic heterocycles. The molecule has 4 heteroatoms. The van der Waals surface area contributed by atoms with Crippen LogP contribution in [0.4, 0.5) is 0 Å². The van der Waals surface area contributed by atoms with Crippen molar-refractivity contribution in [2.24, 2.45) is 17.4 Å². The van der Waals surface area contributed by atoms with Crippen molar-refractivity contribution in [1.29, 1.82) is 0 Å². The summed E-state index contributed by atoms with van der Waals surface area (Å²) in [5, 5.41) is 2.36. The van der Waals surface area contributed by atoms with Gasteiger partial charge < -0.3 is 11.5 Å². The summed E-state index contributed by atoms with van der Waals surface area (Å²) in [6.45, 7) is 2.09. The third-order valence-electron chi connectivity index (χ3n) is 4.07. The van der Waals surface area contributed by atoms with Crippen molar-refractivity contribution in [2.75, 3.05) is 6.54 Å². The Hall–Kier alpha value is -1.68. The highest BCUT2D eigenvalue weighted by Crippen LogP contribution is 2.21. The highest BCUT2D eigenvalue weighted by molar-refractivity contribution is 5.97. The molecule has 2 aliphatic rings. The molecule has 0 saturated heterocycles. The van der Waals surface area contributed by atoms with E-state index in [0.29, 0.717) is 0 Å². The minimum Gasteiger partial charge on any atom is -0.328 e. The van der Waals surface area contributed by atoms with Crippen LogP contribution in [0.15, 0.2) is 24.3 Å². The second kappa shape index (κ2) is 5.98. The number of Topliss-reactive ketones (excluding diaryl/α,β-unsaturated/α-hetero) is 1. The van der Waals surface area contributed by atoms with Crippen LogP contribution in [0.1, 0.15) is 18.1 Å². The molecular formula is C17H19ClN2O. The number of carbonyl (C=O) groups is 1. The van der Waals surface area contributed by atoms with E-state index in [1.165, 1.54) is 16.3 Å². The normalized spacial score (nSPS) is 16.8. The summed E-state index contributed by atoms with van der Waals surface area (Å²) in [4.78, 5) is 12.2. The number of nitrogens with two attached hydrogens (primary N) is 2. The van der Waals surface area contributed by atoms with E-state index in [9.17, 15) is 4.79 Å². The summed E-state index contributed by atoms with van der Waals surface area (Å²) in [7, 11) is 0.